The molecule has 0 aliphatic rings. The molecule has 2 aromatic carbocycles. The highest BCUT2D eigenvalue weighted by molar-refractivity contribution is 5.90. The Morgan fingerprint density at radius 3 is 2.67 bits per heavy atom. The number of carboxylic acid groups (broad SMARTS) is 1. The van der Waals surface area contributed by atoms with Gasteiger partial charge in [0, 0.05) is 0 Å². The van der Waals surface area contributed by atoms with Crippen molar-refractivity contribution in [2.75, 3.05) is 0 Å². The van der Waals surface area contributed by atoms with Gasteiger partial charge in [-0.3, -0.25) is 0 Å². The predicted molar refractivity (Wildman–Crippen MR) is 68.3 cm³/mol. The average Bonchev–Trinajstić information content (AvgIpc) is 2.39. The van der Waals surface area contributed by atoms with Crippen LogP contribution in [0.25, 0.3) is 11.1 Å². The number of rotatable bonds is 2. The maximum absolute atomic E-state index is 11.0. The molecular formula is C15H11NO2. The van der Waals surface area contributed by atoms with E-state index >= 15 is 0 Å². The Bertz CT molecular complexity index is 654. The molecule has 2 rings (SSSR count). The third-order valence-electron chi connectivity index (χ3n) is 2.79. The first kappa shape index (κ1) is 11.9. The van der Waals surface area contributed by atoms with Gasteiger partial charge in [0.1, 0.15) is 0 Å². The molecule has 18 heavy (non-hydrogen) atoms. The predicted octanol–water partition coefficient (Wildman–Crippen LogP) is 3.23. The smallest absolute Gasteiger partial charge is 0.335 e. The Morgan fingerprint density at radius 2 is 2.00 bits per heavy atom. The summed E-state index contributed by atoms with van der Waals surface area (Å²) in [6.07, 6.45) is 0. The fraction of sp³-hybridized carbons (Fsp3) is 0.0667. The van der Waals surface area contributed by atoms with E-state index in [0.717, 1.165) is 16.7 Å². The number of hydrogen-bond acceptors (Lipinski definition) is 2. The van der Waals surface area contributed by atoms with Crippen LogP contribution >= 0.6 is 0 Å². The molecule has 0 bridgehead atoms. The first-order valence-electron chi connectivity index (χ1n) is 5.46. The normalized spacial score (nSPS) is 9.78. The molecular weight excluding hydrogens is 226 g/mol. The molecule has 0 saturated carbocycles. The average molecular weight is 237 g/mol. The summed E-state index contributed by atoms with van der Waals surface area (Å²) >= 11 is 0. The summed E-state index contributed by atoms with van der Waals surface area (Å²) in [7, 11) is 0. The first-order chi connectivity index (χ1) is 8.61. The summed E-state index contributed by atoms with van der Waals surface area (Å²) in [6, 6.07) is 14.2. The van der Waals surface area contributed by atoms with Crippen LogP contribution in [0, 0.1) is 18.3 Å². The molecule has 0 heterocycles. The van der Waals surface area contributed by atoms with E-state index in [1.807, 2.05) is 13.0 Å². The number of nitrogens with zero attached hydrogens (tertiary/aromatic N) is 1. The van der Waals surface area contributed by atoms with Crippen LogP contribution < -0.4 is 0 Å². The number of carboxylic acids is 1. The molecule has 0 aromatic heterocycles. The summed E-state index contributed by atoms with van der Waals surface area (Å²) in [5, 5.41) is 17.9. The molecule has 1 N–H and O–H groups in total. The molecule has 0 spiro atoms. The highest BCUT2D eigenvalue weighted by Gasteiger charge is 2.08. The highest BCUT2D eigenvalue weighted by atomic mass is 16.4. The monoisotopic (exact) mass is 237 g/mol. The van der Waals surface area contributed by atoms with E-state index in [2.05, 4.69) is 6.07 Å². The van der Waals surface area contributed by atoms with E-state index < -0.39 is 5.97 Å². The van der Waals surface area contributed by atoms with Crippen LogP contribution in [0.2, 0.25) is 0 Å². The number of aromatic carboxylic acids is 1. The molecule has 0 aliphatic carbocycles. The van der Waals surface area contributed by atoms with Gasteiger partial charge >= 0.3 is 5.97 Å². The van der Waals surface area contributed by atoms with Crippen LogP contribution in [0.1, 0.15) is 21.5 Å². The lowest BCUT2D eigenvalue weighted by Crippen LogP contribution is -1.97. The van der Waals surface area contributed by atoms with Crippen molar-refractivity contribution in [3.63, 3.8) is 0 Å². The van der Waals surface area contributed by atoms with Gasteiger partial charge in [0.15, 0.2) is 0 Å². The fourth-order valence-electron chi connectivity index (χ4n) is 1.82. The van der Waals surface area contributed by atoms with Crippen LogP contribution in [0.5, 0.6) is 0 Å². The zero-order valence-corrected chi connectivity index (χ0v) is 9.84. The molecule has 3 heteroatoms. The molecule has 0 aliphatic heterocycles. The zero-order valence-electron chi connectivity index (χ0n) is 9.84. The second-order valence-corrected chi connectivity index (χ2v) is 4.03. The van der Waals surface area contributed by atoms with Gasteiger partial charge in [-0.2, -0.15) is 5.26 Å². The van der Waals surface area contributed by atoms with Crippen LogP contribution in [-0.2, 0) is 0 Å². The Hall–Kier alpha value is -2.60. The maximum Gasteiger partial charge on any atom is 0.335 e. The lowest BCUT2D eigenvalue weighted by Gasteiger charge is -2.07. The van der Waals surface area contributed by atoms with E-state index in [-0.39, 0.29) is 5.56 Å². The van der Waals surface area contributed by atoms with Crippen molar-refractivity contribution in [2.45, 2.75) is 6.92 Å². The topological polar surface area (TPSA) is 61.1 Å². The van der Waals surface area contributed by atoms with Crippen molar-refractivity contribution in [3.8, 4) is 17.2 Å². The molecule has 0 amide bonds. The van der Waals surface area contributed by atoms with Gasteiger partial charge in [0.25, 0.3) is 0 Å². The lowest BCUT2D eigenvalue weighted by atomic mass is 9.97. The number of hydrogen-bond donors (Lipinski definition) is 1. The molecule has 0 unspecified atom stereocenters. The first-order valence-corrected chi connectivity index (χ1v) is 5.46. The second kappa shape index (κ2) is 4.72. The summed E-state index contributed by atoms with van der Waals surface area (Å²) in [5.74, 6) is -0.951. The quantitative estimate of drug-likeness (QED) is 0.872. The van der Waals surface area contributed by atoms with E-state index in [1.54, 1.807) is 36.4 Å². The third-order valence-corrected chi connectivity index (χ3v) is 2.79. The number of benzene rings is 2. The maximum atomic E-state index is 11.0. The van der Waals surface area contributed by atoms with Crippen LogP contribution in [0.3, 0.4) is 0 Å². The molecule has 0 radical (unpaired) electrons. The molecule has 0 saturated heterocycles. The number of nitriles is 1. The van der Waals surface area contributed by atoms with Gasteiger partial charge in [-0.15, -0.1) is 0 Å². The minimum absolute atomic E-state index is 0.248. The van der Waals surface area contributed by atoms with E-state index in [4.69, 9.17) is 10.4 Å². The SMILES string of the molecule is Cc1ccc(C(=O)O)cc1-c1cccc(C#N)c1. The molecule has 0 fully saturated rings. The molecule has 2 aromatic rings. The summed E-state index contributed by atoms with van der Waals surface area (Å²) in [4.78, 5) is 11.0. The summed E-state index contributed by atoms with van der Waals surface area (Å²) < 4.78 is 0. The van der Waals surface area contributed by atoms with E-state index in [1.165, 1.54) is 0 Å². The van der Waals surface area contributed by atoms with E-state index in [9.17, 15) is 4.79 Å². The lowest BCUT2D eigenvalue weighted by molar-refractivity contribution is 0.0697. The zero-order chi connectivity index (χ0) is 13.1. The number of aryl methyl sites for hydroxylation is 1. The van der Waals surface area contributed by atoms with Crippen molar-refractivity contribution in [1.82, 2.24) is 0 Å². The summed E-state index contributed by atoms with van der Waals surface area (Å²) in [6.45, 7) is 1.92. The van der Waals surface area contributed by atoms with Crippen LogP contribution in [0.4, 0.5) is 0 Å². The molecule has 88 valence electrons. The van der Waals surface area contributed by atoms with Crippen LogP contribution in [-0.4, -0.2) is 11.1 Å². The van der Waals surface area contributed by atoms with Crippen molar-refractivity contribution < 1.29 is 9.90 Å². The second-order valence-electron chi connectivity index (χ2n) is 4.03. The Morgan fingerprint density at radius 1 is 1.22 bits per heavy atom. The molecule has 0 atom stereocenters. The van der Waals surface area contributed by atoms with Crippen LogP contribution in [0.15, 0.2) is 42.5 Å². The van der Waals surface area contributed by atoms with Crippen molar-refractivity contribution >= 4 is 5.97 Å². The standard InChI is InChI=1S/C15H11NO2/c1-10-5-6-13(15(17)18)8-14(10)12-4-2-3-11(7-12)9-16/h2-8H,1H3,(H,17,18). The van der Waals surface area contributed by atoms with Gasteiger partial charge < -0.3 is 5.11 Å². The Labute approximate surface area is 105 Å². The van der Waals surface area contributed by atoms with Gasteiger partial charge in [-0.25, -0.2) is 4.79 Å². The minimum Gasteiger partial charge on any atom is -0.478 e. The van der Waals surface area contributed by atoms with Gasteiger partial charge in [0.2, 0.25) is 0 Å². The number of carbonyl (C=O) groups is 1. The fourth-order valence-corrected chi connectivity index (χ4v) is 1.82. The summed E-state index contributed by atoms with van der Waals surface area (Å²) in [5.41, 5.74) is 3.49. The highest BCUT2D eigenvalue weighted by Crippen LogP contribution is 2.25. The minimum atomic E-state index is -0.951. The third kappa shape index (κ3) is 2.23. The molecule has 3 nitrogen and oxygen atoms in total. The Balaban J connectivity index is 2.59. The van der Waals surface area contributed by atoms with Crippen molar-refractivity contribution in [3.05, 3.63) is 59.2 Å². The van der Waals surface area contributed by atoms with Crippen molar-refractivity contribution in [1.29, 1.82) is 5.26 Å². The van der Waals surface area contributed by atoms with E-state index in [0.29, 0.717) is 5.56 Å². The van der Waals surface area contributed by atoms with Crippen molar-refractivity contribution in [2.24, 2.45) is 0 Å². The largest absolute Gasteiger partial charge is 0.478 e. The van der Waals surface area contributed by atoms with Gasteiger partial charge in [-0.1, -0.05) is 18.2 Å². The van der Waals surface area contributed by atoms with Gasteiger partial charge in [-0.05, 0) is 47.9 Å². The van der Waals surface area contributed by atoms with Gasteiger partial charge in [0.05, 0.1) is 17.2 Å². The Kier molecular flexibility index (Phi) is 3.11.